The van der Waals surface area contributed by atoms with Gasteiger partial charge in [-0.3, -0.25) is 0 Å². The van der Waals surface area contributed by atoms with E-state index in [9.17, 15) is 0 Å². The van der Waals surface area contributed by atoms with Crippen LogP contribution in [0, 0.1) is 0 Å². The van der Waals surface area contributed by atoms with Crippen LogP contribution in [0.2, 0.25) is 5.02 Å². The molecule has 0 spiro atoms. The molecule has 5 nitrogen and oxygen atoms in total. The lowest BCUT2D eigenvalue weighted by Gasteiger charge is -2.06. The fourth-order valence-corrected chi connectivity index (χ4v) is 1.59. The van der Waals surface area contributed by atoms with Gasteiger partial charge in [0.15, 0.2) is 0 Å². The average molecular weight is 288 g/mol. The van der Waals surface area contributed by atoms with Crippen LogP contribution in [0.4, 0.5) is 11.7 Å². The summed E-state index contributed by atoms with van der Waals surface area (Å²) < 4.78 is 10.4. The molecule has 1 atom stereocenters. The van der Waals surface area contributed by atoms with Gasteiger partial charge in [0.1, 0.15) is 11.1 Å². The molecule has 18 heavy (non-hydrogen) atoms. The minimum Gasteiger partial charge on any atom is -0.495 e. The Labute approximate surface area is 114 Å². The number of benzene rings is 1. The van der Waals surface area contributed by atoms with Crippen LogP contribution < -0.4 is 10.1 Å². The second kappa shape index (κ2) is 5.46. The van der Waals surface area contributed by atoms with Crippen molar-refractivity contribution in [1.82, 2.24) is 10.2 Å². The summed E-state index contributed by atoms with van der Waals surface area (Å²) in [7, 11) is 1.55. The van der Waals surface area contributed by atoms with Crippen LogP contribution >= 0.6 is 23.2 Å². The van der Waals surface area contributed by atoms with E-state index in [2.05, 4.69) is 15.5 Å². The van der Waals surface area contributed by atoms with Crippen LogP contribution in [0.25, 0.3) is 0 Å². The Morgan fingerprint density at radius 2 is 2.17 bits per heavy atom. The third-order valence-corrected chi connectivity index (χ3v) is 2.68. The third kappa shape index (κ3) is 2.86. The van der Waals surface area contributed by atoms with E-state index in [4.69, 9.17) is 32.4 Å². The fourth-order valence-electron chi connectivity index (χ4n) is 1.31. The van der Waals surface area contributed by atoms with Gasteiger partial charge in [0.2, 0.25) is 5.89 Å². The highest BCUT2D eigenvalue weighted by molar-refractivity contribution is 6.32. The molecule has 1 N–H and O–H groups in total. The van der Waals surface area contributed by atoms with E-state index < -0.39 is 0 Å². The lowest BCUT2D eigenvalue weighted by Crippen LogP contribution is -1.92. The van der Waals surface area contributed by atoms with Gasteiger partial charge < -0.3 is 14.5 Å². The fraction of sp³-hybridized carbons (Fsp3) is 0.273. The summed E-state index contributed by atoms with van der Waals surface area (Å²) in [6.45, 7) is 1.75. The van der Waals surface area contributed by atoms with Crippen LogP contribution in [0.5, 0.6) is 5.75 Å². The first-order valence-corrected chi connectivity index (χ1v) is 5.99. The molecule has 96 valence electrons. The topological polar surface area (TPSA) is 60.2 Å². The molecule has 1 heterocycles. The minimum absolute atomic E-state index is 0.266. The Morgan fingerprint density at radius 3 is 2.78 bits per heavy atom. The van der Waals surface area contributed by atoms with E-state index in [1.807, 2.05) is 0 Å². The second-order valence-corrected chi connectivity index (χ2v) is 4.60. The summed E-state index contributed by atoms with van der Waals surface area (Å²) in [5.41, 5.74) is 0.730. The largest absolute Gasteiger partial charge is 0.495 e. The maximum atomic E-state index is 5.92. The van der Waals surface area contributed by atoms with Crippen molar-refractivity contribution in [3.8, 4) is 5.75 Å². The van der Waals surface area contributed by atoms with Crippen molar-refractivity contribution in [1.29, 1.82) is 0 Å². The molecule has 0 amide bonds. The number of rotatable bonds is 4. The molecule has 0 bridgehead atoms. The molecule has 0 aliphatic heterocycles. The molecule has 1 aromatic carbocycles. The number of nitrogens with one attached hydrogen (secondary N) is 1. The summed E-state index contributed by atoms with van der Waals surface area (Å²) in [6, 6.07) is 5.49. The van der Waals surface area contributed by atoms with E-state index in [1.165, 1.54) is 0 Å². The number of hydrogen-bond acceptors (Lipinski definition) is 5. The molecule has 0 saturated carbocycles. The first kappa shape index (κ1) is 13.0. The van der Waals surface area contributed by atoms with E-state index in [1.54, 1.807) is 32.2 Å². The third-order valence-electron chi connectivity index (χ3n) is 2.18. The van der Waals surface area contributed by atoms with Gasteiger partial charge in [0.05, 0.1) is 12.1 Å². The number of hydrogen-bond donors (Lipinski definition) is 1. The predicted molar refractivity (Wildman–Crippen MR) is 69.9 cm³/mol. The Kier molecular flexibility index (Phi) is 3.93. The number of aromatic nitrogens is 2. The number of halogens is 2. The molecule has 0 saturated heterocycles. The van der Waals surface area contributed by atoms with Crippen LogP contribution in [0.3, 0.4) is 0 Å². The van der Waals surface area contributed by atoms with Gasteiger partial charge in [0, 0.05) is 11.8 Å². The van der Waals surface area contributed by atoms with Gasteiger partial charge >= 0.3 is 6.01 Å². The van der Waals surface area contributed by atoms with Crippen molar-refractivity contribution in [2.75, 3.05) is 12.4 Å². The molecule has 0 aliphatic carbocycles. The SMILES string of the molecule is COc1cc(Nc2nnc(C(C)Cl)o2)ccc1Cl. The van der Waals surface area contributed by atoms with Crippen molar-refractivity contribution in [3.63, 3.8) is 0 Å². The van der Waals surface area contributed by atoms with Crippen molar-refractivity contribution in [3.05, 3.63) is 29.1 Å². The number of anilines is 2. The first-order valence-electron chi connectivity index (χ1n) is 5.18. The van der Waals surface area contributed by atoms with Gasteiger partial charge in [-0.25, -0.2) is 0 Å². The standard InChI is InChI=1S/C11H11Cl2N3O2/c1-6(12)10-15-16-11(18-10)14-7-3-4-8(13)9(5-7)17-2/h3-6H,1-2H3,(H,14,16). The number of nitrogens with zero attached hydrogens (tertiary/aromatic N) is 2. The van der Waals surface area contributed by atoms with Gasteiger partial charge in [-0.05, 0) is 19.1 Å². The highest BCUT2D eigenvalue weighted by atomic mass is 35.5. The van der Waals surface area contributed by atoms with Crippen LogP contribution in [0.15, 0.2) is 22.6 Å². The van der Waals surface area contributed by atoms with Gasteiger partial charge in [-0.15, -0.1) is 16.7 Å². The molecule has 0 fully saturated rings. The smallest absolute Gasteiger partial charge is 0.320 e. The Morgan fingerprint density at radius 1 is 1.39 bits per heavy atom. The zero-order chi connectivity index (χ0) is 13.1. The normalized spacial score (nSPS) is 12.2. The summed E-state index contributed by atoms with van der Waals surface area (Å²) in [5.74, 6) is 0.923. The molecule has 2 aromatic rings. The van der Waals surface area contributed by atoms with E-state index in [0.717, 1.165) is 5.69 Å². The molecule has 0 radical (unpaired) electrons. The molecular formula is C11H11Cl2N3O2. The minimum atomic E-state index is -0.326. The molecular weight excluding hydrogens is 277 g/mol. The summed E-state index contributed by atoms with van der Waals surface area (Å²) in [4.78, 5) is 0. The van der Waals surface area contributed by atoms with Gasteiger partial charge in [-0.1, -0.05) is 16.7 Å². The van der Waals surface area contributed by atoms with Crippen molar-refractivity contribution in [2.45, 2.75) is 12.3 Å². The average Bonchev–Trinajstić information content (AvgIpc) is 2.80. The van der Waals surface area contributed by atoms with Crippen LogP contribution in [0.1, 0.15) is 18.2 Å². The maximum Gasteiger partial charge on any atom is 0.320 e. The van der Waals surface area contributed by atoms with E-state index in [-0.39, 0.29) is 11.4 Å². The second-order valence-electron chi connectivity index (χ2n) is 3.54. The maximum absolute atomic E-state index is 5.92. The summed E-state index contributed by atoms with van der Waals surface area (Å²) in [6.07, 6.45) is 0. The Hall–Kier alpha value is -1.46. The number of methoxy groups -OCH3 is 1. The van der Waals surface area contributed by atoms with E-state index >= 15 is 0 Å². The quantitative estimate of drug-likeness (QED) is 0.868. The highest BCUT2D eigenvalue weighted by Crippen LogP contribution is 2.29. The number of alkyl halides is 1. The zero-order valence-corrected chi connectivity index (χ0v) is 11.3. The molecule has 1 unspecified atom stereocenters. The number of ether oxygens (including phenoxy) is 1. The summed E-state index contributed by atoms with van der Waals surface area (Å²) >= 11 is 11.7. The molecule has 2 rings (SSSR count). The Balaban J connectivity index is 2.17. The lowest BCUT2D eigenvalue weighted by atomic mass is 10.3. The van der Waals surface area contributed by atoms with Crippen molar-refractivity contribution in [2.24, 2.45) is 0 Å². The summed E-state index contributed by atoms with van der Waals surface area (Å²) in [5, 5.41) is 10.8. The van der Waals surface area contributed by atoms with Crippen LogP contribution in [-0.4, -0.2) is 17.3 Å². The molecule has 7 heteroatoms. The first-order chi connectivity index (χ1) is 8.60. The lowest BCUT2D eigenvalue weighted by molar-refractivity contribution is 0.415. The Bertz CT molecular complexity index is 543. The van der Waals surface area contributed by atoms with Gasteiger partial charge in [-0.2, -0.15) is 0 Å². The monoisotopic (exact) mass is 287 g/mol. The van der Waals surface area contributed by atoms with Gasteiger partial charge in [0.25, 0.3) is 0 Å². The zero-order valence-electron chi connectivity index (χ0n) is 9.78. The molecule has 1 aromatic heterocycles. The highest BCUT2D eigenvalue weighted by Gasteiger charge is 2.11. The van der Waals surface area contributed by atoms with Crippen LogP contribution in [-0.2, 0) is 0 Å². The van der Waals surface area contributed by atoms with Crippen molar-refractivity contribution >= 4 is 34.9 Å². The predicted octanol–water partition coefficient (Wildman–Crippen LogP) is 3.78. The molecule has 0 aliphatic rings. The van der Waals surface area contributed by atoms with Crippen molar-refractivity contribution < 1.29 is 9.15 Å². The van der Waals surface area contributed by atoms with E-state index in [0.29, 0.717) is 16.7 Å².